The largest absolute Gasteiger partial charge is 0.340 e. The molecular weight excluding hydrogens is 345 g/mol. The van der Waals surface area contributed by atoms with Crippen LogP contribution in [-0.2, 0) is 0 Å². The van der Waals surface area contributed by atoms with E-state index in [9.17, 15) is 9.18 Å². The highest BCUT2D eigenvalue weighted by molar-refractivity contribution is 5.94. The van der Waals surface area contributed by atoms with E-state index in [0.717, 1.165) is 50.4 Å². The van der Waals surface area contributed by atoms with Crippen molar-refractivity contribution in [3.63, 3.8) is 0 Å². The maximum absolute atomic E-state index is 13.4. The number of piperidine rings is 2. The summed E-state index contributed by atoms with van der Waals surface area (Å²) in [5.74, 6) is 0.0426. The Balaban J connectivity index is 1.52. The van der Waals surface area contributed by atoms with Gasteiger partial charge in [-0.05, 0) is 44.7 Å². The first-order chi connectivity index (χ1) is 13.0. The number of pyridine rings is 1. The quantitative estimate of drug-likeness (QED) is 0.762. The standard InChI is InChI=1S/C20H24FN5O/c1-15-4-8-23-19(24-15)26-11-3-7-20(14-26)6-2-10-25(13-20)18(27)16-5-9-22-17(21)12-16/h4-5,8-9,12H,2-3,6-7,10-11,13-14H2,1H3. The van der Waals surface area contributed by atoms with Gasteiger partial charge in [0.25, 0.3) is 5.91 Å². The minimum atomic E-state index is -0.618. The van der Waals surface area contributed by atoms with Crippen molar-refractivity contribution in [2.75, 3.05) is 31.1 Å². The second-order valence-corrected chi connectivity index (χ2v) is 7.72. The van der Waals surface area contributed by atoms with Gasteiger partial charge in [0.1, 0.15) is 0 Å². The second kappa shape index (κ2) is 7.21. The predicted octanol–water partition coefficient (Wildman–Crippen LogP) is 2.84. The van der Waals surface area contributed by atoms with Crippen LogP contribution >= 0.6 is 0 Å². The molecule has 1 unspecified atom stereocenters. The van der Waals surface area contributed by atoms with Gasteiger partial charge in [-0.1, -0.05) is 0 Å². The fraction of sp³-hybridized carbons (Fsp3) is 0.500. The lowest BCUT2D eigenvalue weighted by Gasteiger charge is -2.48. The van der Waals surface area contributed by atoms with E-state index in [1.54, 1.807) is 12.3 Å². The highest BCUT2D eigenvalue weighted by Crippen LogP contribution is 2.39. The maximum Gasteiger partial charge on any atom is 0.254 e. The van der Waals surface area contributed by atoms with Crippen LogP contribution in [0.1, 0.15) is 41.7 Å². The Morgan fingerprint density at radius 3 is 2.67 bits per heavy atom. The summed E-state index contributed by atoms with van der Waals surface area (Å²) in [6.07, 6.45) is 7.34. The number of aryl methyl sites for hydroxylation is 1. The summed E-state index contributed by atoms with van der Waals surface area (Å²) < 4.78 is 13.4. The van der Waals surface area contributed by atoms with E-state index in [2.05, 4.69) is 19.9 Å². The Bertz CT molecular complexity index is 841. The van der Waals surface area contributed by atoms with Gasteiger partial charge in [0, 0.05) is 61.3 Å². The summed E-state index contributed by atoms with van der Waals surface area (Å²) in [5.41, 5.74) is 1.37. The normalized spacial score (nSPS) is 22.9. The summed E-state index contributed by atoms with van der Waals surface area (Å²) in [4.78, 5) is 29.5. The molecule has 0 bridgehead atoms. The first kappa shape index (κ1) is 17.8. The summed E-state index contributed by atoms with van der Waals surface area (Å²) in [5, 5.41) is 0. The molecule has 142 valence electrons. The van der Waals surface area contributed by atoms with Crippen molar-refractivity contribution in [1.29, 1.82) is 0 Å². The molecule has 0 aliphatic carbocycles. The molecule has 7 heteroatoms. The molecule has 0 aromatic carbocycles. The monoisotopic (exact) mass is 369 g/mol. The van der Waals surface area contributed by atoms with Crippen LogP contribution in [0.25, 0.3) is 0 Å². The zero-order valence-electron chi connectivity index (χ0n) is 15.6. The molecule has 2 saturated heterocycles. The number of nitrogens with zero attached hydrogens (tertiary/aromatic N) is 5. The van der Waals surface area contributed by atoms with Crippen LogP contribution in [0.15, 0.2) is 30.6 Å². The molecular formula is C20H24FN5O. The third kappa shape index (κ3) is 3.77. The molecule has 6 nitrogen and oxygen atoms in total. The van der Waals surface area contributed by atoms with E-state index in [4.69, 9.17) is 0 Å². The molecule has 2 aromatic rings. The van der Waals surface area contributed by atoms with Crippen molar-refractivity contribution in [2.24, 2.45) is 5.41 Å². The van der Waals surface area contributed by atoms with Gasteiger partial charge >= 0.3 is 0 Å². The van der Waals surface area contributed by atoms with Crippen LogP contribution in [0, 0.1) is 18.3 Å². The average Bonchev–Trinajstić information content (AvgIpc) is 2.67. The van der Waals surface area contributed by atoms with Crippen molar-refractivity contribution in [3.8, 4) is 0 Å². The molecule has 0 N–H and O–H groups in total. The topological polar surface area (TPSA) is 62.2 Å². The first-order valence-corrected chi connectivity index (χ1v) is 9.50. The van der Waals surface area contributed by atoms with Crippen molar-refractivity contribution in [1.82, 2.24) is 19.9 Å². The minimum Gasteiger partial charge on any atom is -0.340 e. The Morgan fingerprint density at radius 2 is 1.89 bits per heavy atom. The van der Waals surface area contributed by atoms with Crippen LogP contribution in [0.5, 0.6) is 0 Å². The number of amides is 1. The number of rotatable bonds is 2. The average molecular weight is 369 g/mol. The number of likely N-dealkylation sites (tertiary alicyclic amines) is 1. The molecule has 1 atom stereocenters. The molecule has 1 spiro atoms. The lowest BCUT2D eigenvalue weighted by atomic mass is 9.73. The summed E-state index contributed by atoms with van der Waals surface area (Å²) >= 11 is 0. The third-order valence-electron chi connectivity index (χ3n) is 5.65. The Hall–Kier alpha value is -2.57. The SMILES string of the molecule is Cc1ccnc(N2CCCC3(CCCN(C(=O)c4ccnc(F)c4)C3)C2)n1. The Kier molecular flexibility index (Phi) is 4.76. The number of aromatic nitrogens is 3. The molecule has 2 aromatic heterocycles. The number of anilines is 1. The molecule has 2 aliphatic heterocycles. The van der Waals surface area contributed by atoms with E-state index < -0.39 is 5.95 Å². The van der Waals surface area contributed by atoms with E-state index >= 15 is 0 Å². The van der Waals surface area contributed by atoms with Crippen LogP contribution < -0.4 is 4.90 Å². The van der Waals surface area contributed by atoms with Gasteiger partial charge in [0.15, 0.2) is 0 Å². The molecule has 27 heavy (non-hydrogen) atoms. The van der Waals surface area contributed by atoms with Crippen molar-refractivity contribution in [3.05, 3.63) is 47.8 Å². The molecule has 2 fully saturated rings. The maximum atomic E-state index is 13.4. The van der Waals surface area contributed by atoms with E-state index in [1.165, 1.54) is 12.3 Å². The molecule has 0 saturated carbocycles. The first-order valence-electron chi connectivity index (χ1n) is 9.50. The number of hydrogen-bond acceptors (Lipinski definition) is 5. The van der Waals surface area contributed by atoms with Crippen LogP contribution in [0.4, 0.5) is 10.3 Å². The minimum absolute atomic E-state index is 0.0465. The number of halogens is 1. The zero-order valence-corrected chi connectivity index (χ0v) is 15.6. The molecule has 4 rings (SSSR count). The van der Waals surface area contributed by atoms with E-state index in [0.29, 0.717) is 18.7 Å². The van der Waals surface area contributed by atoms with E-state index in [1.807, 2.05) is 17.9 Å². The van der Waals surface area contributed by atoms with E-state index in [-0.39, 0.29) is 11.3 Å². The molecule has 0 radical (unpaired) electrons. The van der Waals surface area contributed by atoms with Crippen LogP contribution in [0.2, 0.25) is 0 Å². The molecule has 1 amide bonds. The smallest absolute Gasteiger partial charge is 0.254 e. The van der Waals surface area contributed by atoms with Crippen LogP contribution in [-0.4, -0.2) is 51.9 Å². The van der Waals surface area contributed by atoms with Gasteiger partial charge in [-0.15, -0.1) is 0 Å². The Labute approximate surface area is 158 Å². The van der Waals surface area contributed by atoms with Gasteiger partial charge in [-0.2, -0.15) is 4.39 Å². The third-order valence-corrected chi connectivity index (χ3v) is 5.65. The zero-order chi connectivity index (χ0) is 18.9. The Morgan fingerprint density at radius 1 is 1.11 bits per heavy atom. The van der Waals surface area contributed by atoms with Crippen molar-refractivity contribution >= 4 is 11.9 Å². The lowest BCUT2D eigenvalue weighted by Crippen LogP contribution is -2.54. The highest BCUT2D eigenvalue weighted by atomic mass is 19.1. The fourth-order valence-electron chi connectivity index (χ4n) is 4.40. The van der Waals surface area contributed by atoms with Gasteiger partial charge in [-0.3, -0.25) is 4.79 Å². The van der Waals surface area contributed by atoms with Gasteiger partial charge in [0.05, 0.1) is 0 Å². The number of hydrogen-bond donors (Lipinski definition) is 0. The fourth-order valence-corrected chi connectivity index (χ4v) is 4.40. The molecule has 2 aliphatic rings. The van der Waals surface area contributed by atoms with Gasteiger partial charge in [-0.25, -0.2) is 15.0 Å². The number of carbonyl (C=O) groups excluding carboxylic acids is 1. The highest BCUT2D eigenvalue weighted by Gasteiger charge is 2.41. The van der Waals surface area contributed by atoms with Gasteiger partial charge < -0.3 is 9.80 Å². The predicted molar refractivity (Wildman–Crippen MR) is 100.0 cm³/mol. The van der Waals surface area contributed by atoms with Crippen molar-refractivity contribution in [2.45, 2.75) is 32.6 Å². The van der Waals surface area contributed by atoms with Crippen molar-refractivity contribution < 1.29 is 9.18 Å². The summed E-state index contributed by atoms with van der Waals surface area (Å²) in [6, 6.07) is 4.70. The van der Waals surface area contributed by atoms with Crippen LogP contribution in [0.3, 0.4) is 0 Å². The number of carbonyl (C=O) groups is 1. The summed E-state index contributed by atoms with van der Waals surface area (Å²) in [6.45, 7) is 5.17. The second-order valence-electron chi connectivity index (χ2n) is 7.72. The molecule has 4 heterocycles. The lowest BCUT2D eigenvalue weighted by molar-refractivity contribution is 0.0464. The summed E-state index contributed by atoms with van der Waals surface area (Å²) in [7, 11) is 0. The van der Waals surface area contributed by atoms with Gasteiger partial charge in [0.2, 0.25) is 11.9 Å².